The molecular weight excluding hydrogens is 350 g/mol. The number of benzene rings is 1. The van der Waals surface area contributed by atoms with Crippen molar-refractivity contribution >= 4 is 34.0 Å². The predicted octanol–water partition coefficient (Wildman–Crippen LogP) is 2.31. The van der Waals surface area contributed by atoms with E-state index < -0.39 is 0 Å². The molecule has 7 heteroatoms. The van der Waals surface area contributed by atoms with Crippen LogP contribution >= 0.6 is 15.9 Å². The lowest BCUT2D eigenvalue weighted by molar-refractivity contribution is -0.120. The van der Waals surface area contributed by atoms with Crippen LogP contribution < -0.4 is 10.7 Å². The van der Waals surface area contributed by atoms with Gasteiger partial charge >= 0.3 is 0 Å². The average molecular weight is 364 g/mol. The minimum Gasteiger partial charge on any atom is -0.448 e. The third-order valence-electron chi connectivity index (χ3n) is 2.65. The quantitative estimate of drug-likeness (QED) is 0.610. The van der Waals surface area contributed by atoms with Crippen LogP contribution in [0, 0.1) is 0 Å². The summed E-state index contributed by atoms with van der Waals surface area (Å²) in [6.45, 7) is 0.237. The maximum absolute atomic E-state index is 11.7. The molecule has 2 amide bonds. The Morgan fingerprint density at radius 3 is 2.64 bits per heavy atom. The maximum atomic E-state index is 11.7. The molecule has 0 unspecified atom stereocenters. The number of hydrogen-bond donors (Lipinski definition) is 2. The summed E-state index contributed by atoms with van der Waals surface area (Å²) in [5, 5.41) is 6.42. The number of hydrogen-bond acceptors (Lipinski definition) is 4. The van der Waals surface area contributed by atoms with E-state index in [-0.39, 0.29) is 24.8 Å². The van der Waals surface area contributed by atoms with Crippen LogP contribution in [-0.2, 0) is 4.79 Å². The van der Waals surface area contributed by atoms with E-state index in [1.54, 1.807) is 36.4 Å². The van der Waals surface area contributed by atoms with Crippen molar-refractivity contribution in [3.05, 3.63) is 58.5 Å². The Balaban J connectivity index is 1.67. The standard InChI is InChI=1S/C15H14BrN3O3/c16-13-7-6-12(22-13)10-18-19-14(20)8-9-17-15(21)11-4-2-1-3-5-11/h1-7,10H,8-9H2,(H,17,21)(H,19,20). The van der Waals surface area contributed by atoms with Gasteiger partial charge in [-0.25, -0.2) is 5.43 Å². The number of nitrogens with zero attached hydrogens (tertiary/aromatic N) is 1. The highest BCUT2D eigenvalue weighted by atomic mass is 79.9. The molecular formula is C15H14BrN3O3. The van der Waals surface area contributed by atoms with Gasteiger partial charge in [-0.15, -0.1) is 0 Å². The van der Waals surface area contributed by atoms with Crippen molar-refractivity contribution in [1.82, 2.24) is 10.7 Å². The van der Waals surface area contributed by atoms with Gasteiger partial charge in [0.05, 0.1) is 6.21 Å². The summed E-state index contributed by atoms with van der Waals surface area (Å²) in [6.07, 6.45) is 1.53. The van der Waals surface area contributed by atoms with E-state index in [2.05, 4.69) is 31.8 Å². The number of furan rings is 1. The molecule has 0 spiro atoms. The summed E-state index contributed by atoms with van der Waals surface area (Å²) >= 11 is 3.16. The Bertz CT molecular complexity index is 668. The van der Waals surface area contributed by atoms with Crippen LogP contribution in [0.4, 0.5) is 0 Å². The molecule has 114 valence electrons. The van der Waals surface area contributed by atoms with Crippen LogP contribution in [0.15, 0.2) is 56.7 Å². The predicted molar refractivity (Wildman–Crippen MR) is 85.5 cm³/mol. The third-order valence-corrected chi connectivity index (χ3v) is 3.07. The van der Waals surface area contributed by atoms with Gasteiger partial charge < -0.3 is 9.73 Å². The monoisotopic (exact) mass is 363 g/mol. The molecule has 0 saturated carbocycles. The van der Waals surface area contributed by atoms with Crippen molar-refractivity contribution in [2.75, 3.05) is 6.54 Å². The van der Waals surface area contributed by atoms with Crippen molar-refractivity contribution in [1.29, 1.82) is 0 Å². The van der Waals surface area contributed by atoms with Crippen molar-refractivity contribution in [2.24, 2.45) is 5.10 Å². The highest BCUT2D eigenvalue weighted by Gasteiger charge is 2.05. The van der Waals surface area contributed by atoms with Gasteiger partial charge in [0.15, 0.2) is 4.67 Å². The molecule has 0 atom stereocenters. The van der Waals surface area contributed by atoms with Crippen LogP contribution in [0.5, 0.6) is 0 Å². The second-order valence-electron chi connectivity index (χ2n) is 4.31. The van der Waals surface area contributed by atoms with E-state index in [9.17, 15) is 9.59 Å². The molecule has 1 aromatic heterocycles. The van der Waals surface area contributed by atoms with E-state index in [0.717, 1.165) is 0 Å². The third kappa shape index (κ3) is 5.17. The summed E-state index contributed by atoms with van der Waals surface area (Å²) in [5.74, 6) is 0.0112. The topological polar surface area (TPSA) is 83.7 Å². The van der Waals surface area contributed by atoms with Crippen LogP contribution in [0.3, 0.4) is 0 Å². The summed E-state index contributed by atoms with van der Waals surface area (Å²) in [5.41, 5.74) is 2.92. The van der Waals surface area contributed by atoms with Gasteiger partial charge in [-0.2, -0.15) is 5.10 Å². The van der Waals surface area contributed by atoms with Gasteiger partial charge in [0, 0.05) is 18.5 Å². The largest absolute Gasteiger partial charge is 0.448 e. The molecule has 0 aliphatic rings. The van der Waals surface area contributed by atoms with Crippen LogP contribution in [0.25, 0.3) is 0 Å². The lowest BCUT2D eigenvalue weighted by Gasteiger charge is -2.04. The smallest absolute Gasteiger partial charge is 0.251 e. The summed E-state index contributed by atoms with van der Waals surface area (Å²) < 4.78 is 5.77. The van der Waals surface area contributed by atoms with Crippen molar-refractivity contribution < 1.29 is 14.0 Å². The Labute approximate surface area is 135 Å². The normalized spacial score (nSPS) is 10.6. The van der Waals surface area contributed by atoms with Crippen molar-refractivity contribution in [2.45, 2.75) is 6.42 Å². The highest BCUT2D eigenvalue weighted by Crippen LogP contribution is 2.11. The number of nitrogens with one attached hydrogen (secondary N) is 2. The molecule has 2 aromatic rings. The van der Waals surface area contributed by atoms with E-state index >= 15 is 0 Å². The van der Waals surface area contributed by atoms with Gasteiger partial charge in [-0.3, -0.25) is 9.59 Å². The molecule has 1 aromatic carbocycles. The number of hydrazone groups is 1. The highest BCUT2D eigenvalue weighted by molar-refractivity contribution is 9.10. The van der Waals surface area contributed by atoms with Crippen LogP contribution in [0.1, 0.15) is 22.5 Å². The zero-order valence-electron chi connectivity index (χ0n) is 11.6. The van der Waals surface area contributed by atoms with E-state index in [0.29, 0.717) is 16.0 Å². The number of amides is 2. The van der Waals surface area contributed by atoms with E-state index in [4.69, 9.17) is 4.42 Å². The van der Waals surface area contributed by atoms with Crippen molar-refractivity contribution in [3.63, 3.8) is 0 Å². The molecule has 0 aliphatic carbocycles. The molecule has 0 bridgehead atoms. The Hall–Kier alpha value is -2.41. The summed E-state index contributed by atoms with van der Waals surface area (Å²) in [7, 11) is 0. The molecule has 22 heavy (non-hydrogen) atoms. The maximum Gasteiger partial charge on any atom is 0.251 e. The summed E-state index contributed by atoms with van der Waals surface area (Å²) in [6, 6.07) is 12.2. The van der Waals surface area contributed by atoms with E-state index in [1.165, 1.54) is 6.21 Å². The molecule has 2 rings (SSSR count). The molecule has 0 aliphatic heterocycles. The molecule has 0 saturated heterocycles. The Kier molecular flexibility index (Phi) is 5.91. The fraction of sp³-hybridized carbons (Fsp3) is 0.133. The van der Waals surface area contributed by atoms with Crippen LogP contribution in [0.2, 0.25) is 0 Å². The second kappa shape index (κ2) is 8.14. The molecule has 2 N–H and O–H groups in total. The molecule has 1 heterocycles. The minimum atomic E-state index is -0.296. The number of carbonyl (C=O) groups excluding carboxylic acids is 2. The summed E-state index contributed by atoms with van der Waals surface area (Å²) in [4.78, 5) is 23.3. The molecule has 0 radical (unpaired) electrons. The number of rotatable bonds is 6. The lowest BCUT2D eigenvalue weighted by atomic mass is 10.2. The zero-order chi connectivity index (χ0) is 15.8. The first-order valence-electron chi connectivity index (χ1n) is 6.55. The fourth-order valence-electron chi connectivity index (χ4n) is 1.60. The van der Waals surface area contributed by atoms with Gasteiger partial charge in [0.25, 0.3) is 5.91 Å². The first kappa shape index (κ1) is 16.0. The van der Waals surface area contributed by atoms with Gasteiger partial charge in [0.2, 0.25) is 5.91 Å². The fourth-order valence-corrected chi connectivity index (χ4v) is 1.92. The van der Waals surface area contributed by atoms with Gasteiger partial charge in [-0.05, 0) is 40.2 Å². The first-order chi connectivity index (χ1) is 10.6. The molecule has 6 nitrogen and oxygen atoms in total. The van der Waals surface area contributed by atoms with E-state index in [1.807, 2.05) is 6.07 Å². The SMILES string of the molecule is O=C(CCNC(=O)c1ccccc1)NN=Cc1ccc(Br)o1. The second-order valence-corrected chi connectivity index (χ2v) is 5.09. The number of halogens is 1. The van der Waals surface area contributed by atoms with Gasteiger partial charge in [0.1, 0.15) is 5.76 Å². The molecule has 0 fully saturated rings. The van der Waals surface area contributed by atoms with Gasteiger partial charge in [-0.1, -0.05) is 18.2 Å². The zero-order valence-corrected chi connectivity index (χ0v) is 13.2. The Morgan fingerprint density at radius 2 is 1.95 bits per heavy atom. The average Bonchev–Trinajstić information content (AvgIpc) is 2.93. The minimum absolute atomic E-state index is 0.137. The van der Waals surface area contributed by atoms with Crippen LogP contribution in [-0.4, -0.2) is 24.6 Å². The first-order valence-corrected chi connectivity index (χ1v) is 7.35. The van der Waals surface area contributed by atoms with Crippen molar-refractivity contribution in [3.8, 4) is 0 Å². The lowest BCUT2D eigenvalue weighted by Crippen LogP contribution is -2.28. The Morgan fingerprint density at radius 1 is 1.18 bits per heavy atom. The number of carbonyl (C=O) groups is 2.